The highest BCUT2D eigenvalue weighted by molar-refractivity contribution is 6.08. The maximum atomic E-state index is 12.8. The lowest BCUT2D eigenvalue weighted by atomic mass is 9.74. The Morgan fingerprint density at radius 1 is 0.617 bits per heavy atom. The van der Waals surface area contributed by atoms with Gasteiger partial charge in [0.05, 0.1) is 24.3 Å². The second-order valence-electron chi connectivity index (χ2n) is 15.7. The van der Waals surface area contributed by atoms with Gasteiger partial charge in [0.2, 0.25) is 0 Å². The molecule has 4 N–H and O–H groups in total. The average molecular weight is 815 g/mol. The number of hydrogen-bond acceptors (Lipinski definition) is 8. The molecule has 320 valence electrons. The molecule has 60 heavy (non-hydrogen) atoms. The fourth-order valence-electron chi connectivity index (χ4n) is 6.53. The molecule has 0 aliphatic carbocycles. The molecule has 0 aliphatic rings. The normalized spacial score (nSPS) is 11.5. The lowest BCUT2D eigenvalue weighted by molar-refractivity contribution is 0.103. The minimum Gasteiger partial charge on any atom is -0.507 e. The SMILES string of the molecule is C=CCc1cc(CC=C)c(OCC)c(C=CC(=O)c2ccc(NC)cc2)c1O.CCOc1c(C(C)(C)CC)cc(C(C)(C)CC)c(O)c1C=CC(=O)c1ccc(NC)cc1. The van der Waals surface area contributed by atoms with Crippen LogP contribution in [0.5, 0.6) is 23.0 Å². The number of carbonyl (C=O) groups is 2. The molecule has 0 heterocycles. The molecular weight excluding hydrogens is 749 g/mol. The predicted molar refractivity (Wildman–Crippen MR) is 252 cm³/mol. The maximum absolute atomic E-state index is 12.8. The van der Waals surface area contributed by atoms with Crippen molar-refractivity contribution in [2.75, 3.05) is 37.9 Å². The quantitative estimate of drug-likeness (QED) is 0.0396. The number of carbonyl (C=O) groups excluding carboxylic acids is 2. The monoisotopic (exact) mass is 814 g/mol. The zero-order valence-corrected chi connectivity index (χ0v) is 37.4. The molecule has 4 aromatic carbocycles. The third-order valence-electron chi connectivity index (χ3n) is 11.0. The third kappa shape index (κ3) is 12.0. The van der Waals surface area contributed by atoms with E-state index in [9.17, 15) is 19.8 Å². The second-order valence-corrected chi connectivity index (χ2v) is 15.7. The molecular formula is C52H66N2O6. The van der Waals surface area contributed by atoms with E-state index >= 15 is 0 Å². The van der Waals surface area contributed by atoms with E-state index in [0.717, 1.165) is 46.5 Å². The molecule has 0 spiro atoms. The lowest BCUT2D eigenvalue weighted by Gasteiger charge is -2.32. The predicted octanol–water partition coefficient (Wildman–Crippen LogP) is 12.3. The Balaban J connectivity index is 0.000000323. The first-order chi connectivity index (χ1) is 28.6. The van der Waals surface area contributed by atoms with Gasteiger partial charge in [-0.3, -0.25) is 9.59 Å². The standard InChI is InChI=1S/C28H39NO3.C24H27NO3/c1-9-27(4,5)22-18-23(28(6,7)10-2)26(32-11-3)21(25(22)31)16-17-24(30)19-12-14-20(29-8)15-13-19;1-5-8-18-16-19(9-6-2)24(28-7-3)21(23(18)27)14-15-22(26)17-10-12-20(25-4)13-11-17/h12-18,29,31H,9-11H2,1-8H3;5-6,10-16,25,27H,1-2,7-9H2,3-4H3. The minimum atomic E-state index is -0.219. The van der Waals surface area contributed by atoms with Crippen LogP contribution in [0.2, 0.25) is 0 Å². The van der Waals surface area contributed by atoms with Gasteiger partial charge in [-0.2, -0.15) is 0 Å². The molecule has 0 aliphatic heterocycles. The van der Waals surface area contributed by atoms with Gasteiger partial charge in [0, 0.05) is 47.7 Å². The molecule has 4 aromatic rings. The number of nitrogens with one attached hydrogen (secondary N) is 2. The number of hydrogen-bond donors (Lipinski definition) is 4. The molecule has 0 unspecified atom stereocenters. The molecule has 0 atom stereocenters. The summed E-state index contributed by atoms with van der Waals surface area (Å²) in [6, 6.07) is 18.6. The first-order valence-electron chi connectivity index (χ1n) is 20.8. The van der Waals surface area contributed by atoms with Crippen molar-refractivity contribution in [3.8, 4) is 23.0 Å². The van der Waals surface area contributed by atoms with E-state index in [0.29, 0.717) is 59.8 Å². The summed E-state index contributed by atoms with van der Waals surface area (Å²) in [4.78, 5) is 25.4. The molecule has 0 amide bonds. The number of benzene rings is 4. The highest BCUT2D eigenvalue weighted by Gasteiger charge is 2.32. The topological polar surface area (TPSA) is 117 Å². The second kappa shape index (κ2) is 22.4. The molecule has 8 heteroatoms. The number of allylic oxidation sites excluding steroid dienone is 4. The van der Waals surface area contributed by atoms with Crippen molar-refractivity contribution >= 4 is 35.1 Å². The summed E-state index contributed by atoms with van der Waals surface area (Å²) < 4.78 is 11.9. The van der Waals surface area contributed by atoms with E-state index in [1.165, 1.54) is 12.2 Å². The first kappa shape index (κ1) is 48.3. The fraction of sp³-hybridized carbons (Fsp3) is 0.346. The first-order valence-corrected chi connectivity index (χ1v) is 20.8. The van der Waals surface area contributed by atoms with Crippen LogP contribution in [0.1, 0.15) is 122 Å². The van der Waals surface area contributed by atoms with E-state index in [2.05, 4.69) is 71.4 Å². The summed E-state index contributed by atoms with van der Waals surface area (Å²) in [6.07, 6.45) is 12.7. The number of phenolic OH excluding ortho intramolecular Hbond substituents is 2. The van der Waals surface area contributed by atoms with Crippen LogP contribution in [0, 0.1) is 0 Å². The van der Waals surface area contributed by atoms with Crippen molar-refractivity contribution < 1.29 is 29.3 Å². The number of anilines is 2. The number of phenols is 2. The Morgan fingerprint density at radius 2 is 1.03 bits per heavy atom. The van der Waals surface area contributed by atoms with Crippen LogP contribution < -0.4 is 20.1 Å². The van der Waals surface area contributed by atoms with Crippen LogP contribution in [-0.4, -0.2) is 49.1 Å². The largest absolute Gasteiger partial charge is 0.507 e. The van der Waals surface area contributed by atoms with Gasteiger partial charge in [-0.05, 0) is 146 Å². The van der Waals surface area contributed by atoms with E-state index in [-0.39, 0.29) is 33.9 Å². The van der Waals surface area contributed by atoms with Gasteiger partial charge in [-0.1, -0.05) is 53.7 Å². The van der Waals surface area contributed by atoms with Crippen molar-refractivity contribution in [2.45, 2.75) is 91.9 Å². The van der Waals surface area contributed by atoms with Gasteiger partial charge >= 0.3 is 0 Å². The van der Waals surface area contributed by atoms with Crippen LogP contribution in [0.3, 0.4) is 0 Å². The van der Waals surface area contributed by atoms with E-state index < -0.39 is 0 Å². The van der Waals surface area contributed by atoms with Gasteiger partial charge in [0.1, 0.15) is 23.0 Å². The number of aromatic hydroxyl groups is 2. The zero-order valence-electron chi connectivity index (χ0n) is 37.4. The van der Waals surface area contributed by atoms with Crippen molar-refractivity contribution in [2.24, 2.45) is 0 Å². The van der Waals surface area contributed by atoms with E-state index in [1.807, 2.05) is 58.3 Å². The molecule has 0 fully saturated rings. The summed E-state index contributed by atoms with van der Waals surface area (Å²) >= 11 is 0. The van der Waals surface area contributed by atoms with Gasteiger partial charge < -0.3 is 30.3 Å². The maximum Gasteiger partial charge on any atom is 0.185 e. The highest BCUT2D eigenvalue weighted by atomic mass is 16.5. The van der Waals surface area contributed by atoms with Gasteiger partial charge in [-0.25, -0.2) is 0 Å². The minimum absolute atomic E-state index is 0.103. The molecule has 0 radical (unpaired) electrons. The smallest absolute Gasteiger partial charge is 0.185 e. The molecule has 0 bridgehead atoms. The molecule has 4 rings (SSSR count). The van der Waals surface area contributed by atoms with Crippen LogP contribution in [-0.2, 0) is 23.7 Å². The number of rotatable bonds is 20. The summed E-state index contributed by atoms with van der Waals surface area (Å²) in [5.74, 6) is 1.25. The average Bonchev–Trinajstić information content (AvgIpc) is 3.25. The van der Waals surface area contributed by atoms with Gasteiger partial charge in [-0.15, -0.1) is 13.2 Å². The zero-order chi connectivity index (χ0) is 44.6. The van der Waals surface area contributed by atoms with Gasteiger partial charge in [0.25, 0.3) is 0 Å². The van der Waals surface area contributed by atoms with Crippen molar-refractivity contribution in [3.63, 3.8) is 0 Å². The van der Waals surface area contributed by atoms with Crippen LogP contribution in [0.15, 0.2) is 98.1 Å². The Kier molecular flexibility index (Phi) is 18.0. The summed E-state index contributed by atoms with van der Waals surface area (Å²) in [5.41, 5.74) is 7.34. The van der Waals surface area contributed by atoms with Gasteiger partial charge in [0.15, 0.2) is 11.6 Å². The van der Waals surface area contributed by atoms with Crippen LogP contribution in [0.25, 0.3) is 12.2 Å². The summed E-state index contributed by atoms with van der Waals surface area (Å²) in [7, 11) is 3.67. The molecule has 0 saturated heterocycles. The van der Waals surface area contributed by atoms with Crippen LogP contribution >= 0.6 is 0 Å². The lowest BCUT2D eigenvalue weighted by Crippen LogP contribution is -2.22. The molecule has 0 aromatic heterocycles. The summed E-state index contributed by atoms with van der Waals surface area (Å²) in [6.45, 7) is 25.2. The van der Waals surface area contributed by atoms with E-state index in [4.69, 9.17) is 9.47 Å². The fourth-order valence-corrected chi connectivity index (χ4v) is 6.53. The number of ketones is 2. The Labute approximate surface area is 358 Å². The van der Waals surface area contributed by atoms with Crippen molar-refractivity contribution in [3.05, 3.63) is 143 Å². The Bertz CT molecular complexity index is 2160. The highest BCUT2D eigenvalue weighted by Crippen LogP contribution is 2.47. The third-order valence-corrected chi connectivity index (χ3v) is 11.0. The Morgan fingerprint density at radius 3 is 1.45 bits per heavy atom. The number of ether oxygens (including phenoxy) is 2. The molecule has 8 nitrogen and oxygen atoms in total. The van der Waals surface area contributed by atoms with Crippen molar-refractivity contribution in [1.82, 2.24) is 0 Å². The van der Waals surface area contributed by atoms with Crippen molar-refractivity contribution in [1.29, 1.82) is 0 Å². The Hall–Kier alpha value is -6.02. The van der Waals surface area contributed by atoms with Crippen LogP contribution in [0.4, 0.5) is 11.4 Å². The van der Waals surface area contributed by atoms with E-state index in [1.54, 1.807) is 48.6 Å². The summed E-state index contributed by atoms with van der Waals surface area (Å²) in [5, 5.41) is 28.1. The molecule has 0 saturated carbocycles.